The Labute approximate surface area is 97.0 Å². The Hall–Kier alpha value is -1.53. The molecular formula is C13H18N2O. The Morgan fingerprint density at radius 3 is 2.44 bits per heavy atom. The van der Waals surface area contributed by atoms with Crippen molar-refractivity contribution >= 4 is 0 Å². The van der Waals surface area contributed by atoms with Crippen LogP contribution in [0, 0.1) is 11.3 Å². The number of rotatable bonds is 5. The summed E-state index contributed by atoms with van der Waals surface area (Å²) in [6.07, 6.45) is 0.345. The molecule has 1 aromatic rings. The summed E-state index contributed by atoms with van der Waals surface area (Å²) in [6.45, 7) is 4.03. The number of hydrogen-bond donors (Lipinski definition) is 1. The van der Waals surface area contributed by atoms with Crippen molar-refractivity contribution in [2.45, 2.75) is 32.4 Å². The Kier molecular flexibility index (Phi) is 4.81. The van der Waals surface area contributed by atoms with Gasteiger partial charge < -0.3 is 10.1 Å². The van der Waals surface area contributed by atoms with Gasteiger partial charge in [-0.1, -0.05) is 19.1 Å². The summed E-state index contributed by atoms with van der Waals surface area (Å²) in [6, 6.07) is 10.3. The van der Waals surface area contributed by atoms with E-state index in [4.69, 9.17) is 10.00 Å². The molecule has 0 aliphatic carbocycles. The average molecular weight is 218 g/mol. The van der Waals surface area contributed by atoms with Crippen LogP contribution in [0.1, 0.15) is 31.9 Å². The molecule has 1 rings (SSSR count). The van der Waals surface area contributed by atoms with Crippen LogP contribution in [0.3, 0.4) is 0 Å². The van der Waals surface area contributed by atoms with Gasteiger partial charge in [-0.15, -0.1) is 0 Å². The van der Waals surface area contributed by atoms with Gasteiger partial charge in [0.25, 0.3) is 0 Å². The lowest BCUT2D eigenvalue weighted by Crippen LogP contribution is -2.13. The SMILES string of the molecule is CCC(C#N)Oc1ccc(C(C)NC)cc1. The summed E-state index contributed by atoms with van der Waals surface area (Å²) < 4.78 is 5.50. The van der Waals surface area contributed by atoms with Crippen molar-refractivity contribution in [3.8, 4) is 11.8 Å². The van der Waals surface area contributed by atoms with E-state index in [1.165, 1.54) is 5.56 Å². The molecule has 0 aromatic heterocycles. The molecule has 0 amide bonds. The minimum absolute atomic E-state index is 0.326. The molecule has 0 heterocycles. The van der Waals surface area contributed by atoms with Crippen LogP contribution >= 0.6 is 0 Å². The number of ether oxygens (including phenoxy) is 1. The lowest BCUT2D eigenvalue weighted by Gasteiger charge is -2.13. The molecule has 0 bridgehead atoms. The Bertz CT molecular complexity index is 353. The smallest absolute Gasteiger partial charge is 0.184 e. The third kappa shape index (κ3) is 3.25. The first-order chi connectivity index (χ1) is 7.71. The van der Waals surface area contributed by atoms with E-state index in [1.54, 1.807) is 0 Å². The fraction of sp³-hybridized carbons (Fsp3) is 0.462. The largest absolute Gasteiger partial charge is 0.476 e. The van der Waals surface area contributed by atoms with E-state index in [0.29, 0.717) is 12.5 Å². The van der Waals surface area contributed by atoms with E-state index >= 15 is 0 Å². The third-order valence-corrected chi connectivity index (χ3v) is 2.61. The first-order valence-corrected chi connectivity index (χ1v) is 5.54. The van der Waals surface area contributed by atoms with E-state index in [9.17, 15) is 0 Å². The fourth-order valence-corrected chi connectivity index (χ4v) is 1.37. The monoisotopic (exact) mass is 218 g/mol. The molecule has 2 unspecified atom stereocenters. The lowest BCUT2D eigenvalue weighted by molar-refractivity contribution is 0.252. The number of nitriles is 1. The van der Waals surface area contributed by atoms with Crippen molar-refractivity contribution in [1.29, 1.82) is 5.26 Å². The number of hydrogen-bond acceptors (Lipinski definition) is 3. The van der Waals surface area contributed by atoms with E-state index < -0.39 is 0 Å². The van der Waals surface area contributed by atoms with Gasteiger partial charge in [0.05, 0.1) is 0 Å². The van der Waals surface area contributed by atoms with Gasteiger partial charge in [0.1, 0.15) is 11.8 Å². The van der Waals surface area contributed by atoms with E-state index in [2.05, 4.69) is 18.3 Å². The number of benzene rings is 1. The van der Waals surface area contributed by atoms with E-state index in [-0.39, 0.29) is 6.10 Å². The summed E-state index contributed by atoms with van der Waals surface area (Å²) in [5.74, 6) is 0.750. The van der Waals surface area contributed by atoms with Crippen molar-refractivity contribution in [2.75, 3.05) is 7.05 Å². The van der Waals surface area contributed by atoms with Gasteiger partial charge in [-0.25, -0.2) is 0 Å². The highest BCUT2D eigenvalue weighted by atomic mass is 16.5. The highest BCUT2D eigenvalue weighted by Gasteiger charge is 2.06. The molecule has 16 heavy (non-hydrogen) atoms. The average Bonchev–Trinajstić information content (AvgIpc) is 2.35. The molecule has 2 atom stereocenters. The molecule has 0 fully saturated rings. The molecule has 0 saturated heterocycles. The Morgan fingerprint density at radius 1 is 1.38 bits per heavy atom. The molecule has 1 aromatic carbocycles. The maximum Gasteiger partial charge on any atom is 0.184 e. The minimum Gasteiger partial charge on any atom is -0.476 e. The van der Waals surface area contributed by atoms with Crippen molar-refractivity contribution in [3.05, 3.63) is 29.8 Å². The normalized spacial score (nSPS) is 13.9. The van der Waals surface area contributed by atoms with Gasteiger partial charge in [0.15, 0.2) is 6.10 Å². The zero-order valence-corrected chi connectivity index (χ0v) is 10.0. The van der Waals surface area contributed by atoms with Crippen LogP contribution < -0.4 is 10.1 Å². The predicted octanol–water partition coefficient (Wildman–Crippen LogP) is 2.65. The molecule has 0 aliphatic rings. The quantitative estimate of drug-likeness (QED) is 0.826. The Morgan fingerprint density at radius 2 is 2.00 bits per heavy atom. The maximum atomic E-state index is 8.78. The van der Waals surface area contributed by atoms with Gasteiger partial charge in [-0.2, -0.15) is 5.26 Å². The van der Waals surface area contributed by atoms with Crippen LogP contribution in [0.15, 0.2) is 24.3 Å². The highest BCUT2D eigenvalue weighted by Crippen LogP contribution is 2.18. The third-order valence-electron chi connectivity index (χ3n) is 2.61. The molecule has 0 aliphatic heterocycles. The summed E-state index contributed by atoms with van der Waals surface area (Å²) in [4.78, 5) is 0. The Balaban J connectivity index is 2.68. The molecule has 3 nitrogen and oxygen atoms in total. The molecule has 0 radical (unpaired) electrons. The molecule has 0 saturated carbocycles. The van der Waals surface area contributed by atoms with Crippen LogP contribution in [-0.2, 0) is 0 Å². The molecule has 86 valence electrons. The van der Waals surface area contributed by atoms with Gasteiger partial charge in [-0.05, 0) is 38.1 Å². The highest BCUT2D eigenvalue weighted by molar-refractivity contribution is 5.29. The van der Waals surface area contributed by atoms with Gasteiger partial charge in [0, 0.05) is 6.04 Å². The molecule has 1 N–H and O–H groups in total. The molecule has 3 heteroatoms. The van der Waals surface area contributed by atoms with Crippen molar-refractivity contribution in [1.82, 2.24) is 5.32 Å². The minimum atomic E-state index is -0.354. The maximum absolute atomic E-state index is 8.78. The first kappa shape index (κ1) is 12.5. The van der Waals surface area contributed by atoms with Crippen LogP contribution in [0.5, 0.6) is 5.75 Å². The van der Waals surface area contributed by atoms with Crippen LogP contribution in [0.2, 0.25) is 0 Å². The zero-order chi connectivity index (χ0) is 12.0. The van der Waals surface area contributed by atoms with Gasteiger partial charge >= 0.3 is 0 Å². The fourth-order valence-electron chi connectivity index (χ4n) is 1.37. The summed E-state index contributed by atoms with van der Waals surface area (Å²) >= 11 is 0. The standard InChI is InChI=1S/C13H18N2O/c1-4-12(9-14)16-13-7-5-11(6-8-13)10(2)15-3/h5-8,10,12,15H,4H2,1-3H3. The lowest BCUT2D eigenvalue weighted by atomic mass is 10.1. The van der Waals surface area contributed by atoms with Crippen molar-refractivity contribution < 1.29 is 4.74 Å². The second-order valence-electron chi connectivity index (χ2n) is 3.72. The molecule has 0 spiro atoms. The first-order valence-electron chi connectivity index (χ1n) is 5.54. The number of nitrogens with one attached hydrogen (secondary N) is 1. The summed E-state index contributed by atoms with van der Waals surface area (Å²) in [5.41, 5.74) is 1.21. The van der Waals surface area contributed by atoms with E-state index in [0.717, 1.165) is 5.75 Å². The van der Waals surface area contributed by atoms with Gasteiger partial charge in [-0.3, -0.25) is 0 Å². The topological polar surface area (TPSA) is 45.0 Å². The number of nitrogens with zero attached hydrogens (tertiary/aromatic N) is 1. The van der Waals surface area contributed by atoms with Crippen molar-refractivity contribution in [3.63, 3.8) is 0 Å². The van der Waals surface area contributed by atoms with Crippen LogP contribution in [-0.4, -0.2) is 13.2 Å². The summed E-state index contributed by atoms with van der Waals surface area (Å²) in [7, 11) is 1.93. The van der Waals surface area contributed by atoms with Crippen molar-refractivity contribution in [2.24, 2.45) is 0 Å². The zero-order valence-electron chi connectivity index (χ0n) is 10.0. The second kappa shape index (κ2) is 6.14. The second-order valence-corrected chi connectivity index (χ2v) is 3.72. The van der Waals surface area contributed by atoms with E-state index in [1.807, 2.05) is 38.2 Å². The molecular weight excluding hydrogens is 200 g/mol. The van der Waals surface area contributed by atoms with Crippen LogP contribution in [0.25, 0.3) is 0 Å². The van der Waals surface area contributed by atoms with Gasteiger partial charge in [0.2, 0.25) is 0 Å². The summed E-state index contributed by atoms with van der Waals surface area (Å²) in [5, 5.41) is 12.0. The predicted molar refractivity (Wildman–Crippen MR) is 64.2 cm³/mol. The van der Waals surface area contributed by atoms with Crippen LogP contribution in [0.4, 0.5) is 0 Å².